The molecule has 0 saturated carbocycles. The van der Waals surface area contributed by atoms with Crippen molar-refractivity contribution in [2.45, 2.75) is 0 Å². The Labute approximate surface area is 117 Å². The molecule has 9 heteroatoms. The normalized spacial score (nSPS) is 17.2. The average Bonchev–Trinajstić information content (AvgIpc) is 2.29. The number of rotatable bonds is 0. The van der Waals surface area contributed by atoms with E-state index in [4.69, 9.17) is 13.8 Å². The van der Waals surface area contributed by atoms with Crippen LogP contribution in [0.1, 0.15) is 0 Å². The van der Waals surface area contributed by atoms with Gasteiger partial charge >= 0.3 is 14.0 Å². The molecule has 0 aliphatic heterocycles. The Bertz CT molecular complexity index is 700. The number of hydrogen-bond donors (Lipinski definition) is 0. The molecule has 0 fully saturated rings. The average molecular weight is 320 g/mol. The van der Waals surface area contributed by atoms with Crippen LogP contribution in [0.2, 0.25) is 0 Å². The van der Waals surface area contributed by atoms with Crippen LogP contribution in [0.25, 0.3) is 4.98 Å². The van der Waals surface area contributed by atoms with Crippen LogP contribution in [0.5, 0.6) is 0 Å². The number of halogens is 2. The lowest BCUT2D eigenvalue weighted by atomic mass is 9.89. The molecule has 0 spiro atoms. The van der Waals surface area contributed by atoms with E-state index in [1.54, 1.807) is 0 Å². The minimum Gasteiger partial charge on any atom is -0.289 e. The van der Waals surface area contributed by atoms with Crippen molar-refractivity contribution < 1.29 is 18.0 Å². The molecule has 98 valence electrons. The van der Waals surface area contributed by atoms with Gasteiger partial charge in [-0.15, -0.1) is 0 Å². The van der Waals surface area contributed by atoms with Crippen LogP contribution in [-0.4, -0.2) is 20.0 Å². The Balaban J connectivity index is 0.000000312. The maximum Gasteiger partial charge on any atom is 0.432 e. The van der Waals surface area contributed by atoms with Gasteiger partial charge in [0, 0.05) is 38.6 Å². The summed E-state index contributed by atoms with van der Waals surface area (Å²) in [5.74, 6) is -0.633. The molecule has 0 saturated heterocycles. The van der Waals surface area contributed by atoms with Gasteiger partial charge in [0.1, 0.15) is 0 Å². The van der Waals surface area contributed by atoms with Crippen LogP contribution in [0.4, 0.5) is 0 Å². The molecular weight excluding hydrogens is 315 g/mol. The number of nitrogens with zero attached hydrogens (tertiary/aromatic N) is 2. The summed E-state index contributed by atoms with van der Waals surface area (Å²) in [6, 6.07) is 0. The van der Waals surface area contributed by atoms with Crippen molar-refractivity contribution in [2.75, 3.05) is 0 Å². The number of hydrogen-bond acceptors (Lipinski definition) is 5. The molecule has 0 aromatic rings. The predicted molar refractivity (Wildman–Crippen MR) is 69.1 cm³/mol. The summed E-state index contributed by atoms with van der Waals surface area (Å²) in [6.45, 7) is 0. The molecule has 2 aliphatic carbocycles. The molecular formula is C10H5Cl2N2O4S+. The second kappa shape index (κ2) is 5.93. The molecule has 0 amide bonds. The Hall–Kier alpha value is -1.75. The molecule has 19 heavy (non-hydrogen) atoms. The molecule has 0 bridgehead atoms. The fraction of sp³-hybridized carbons (Fsp3) is 0. The molecule has 0 atom stereocenters. The van der Waals surface area contributed by atoms with E-state index in [0.29, 0.717) is 5.57 Å². The van der Waals surface area contributed by atoms with Gasteiger partial charge in [0.15, 0.2) is 10.8 Å². The van der Waals surface area contributed by atoms with Crippen LogP contribution < -0.4 is 0 Å². The van der Waals surface area contributed by atoms with Crippen molar-refractivity contribution in [3.05, 3.63) is 52.2 Å². The number of diazo groups is 1. The molecule has 6 nitrogen and oxygen atoms in total. The summed E-state index contributed by atoms with van der Waals surface area (Å²) in [4.78, 5) is 25.7. The van der Waals surface area contributed by atoms with E-state index in [1.807, 2.05) is 0 Å². The van der Waals surface area contributed by atoms with Crippen molar-refractivity contribution in [1.29, 1.82) is 5.39 Å². The van der Waals surface area contributed by atoms with E-state index in [-0.39, 0.29) is 17.1 Å². The predicted octanol–water partition coefficient (Wildman–Crippen LogP) is 2.01. The minimum absolute atomic E-state index is 0.0527. The van der Waals surface area contributed by atoms with Gasteiger partial charge in [0.05, 0.1) is 0 Å². The van der Waals surface area contributed by atoms with Gasteiger partial charge in [-0.1, -0.05) is 6.08 Å². The molecule has 0 unspecified atom stereocenters. The number of carbonyl (C=O) groups excluding carboxylic acids is 2. The smallest absolute Gasteiger partial charge is 0.289 e. The fourth-order valence-electron chi connectivity index (χ4n) is 1.37. The summed E-state index contributed by atoms with van der Waals surface area (Å²) in [7, 11) is 4.81. The third kappa shape index (κ3) is 4.44. The quantitative estimate of drug-likeness (QED) is 0.502. The van der Waals surface area contributed by atoms with Crippen molar-refractivity contribution >= 4 is 41.2 Å². The van der Waals surface area contributed by atoms with Crippen molar-refractivity contribution in [3.63, 3.8) is 0 Å². The zero-order valence-corrected chi connectivity index (χ0v) is 11.4. The second-order valence-corrected chi connectivity index (χ2v) is 6.91. The highest BCUT2D eigenvalue weighted by Gasteiger charge is 2.33. The van der Waals surface area contributed by atoms with Crippen molar-refractivity contribution in [2.24, 2.45) is 0 Å². The van der Waals surface area contributed by atoms with Crippen molar-refractivity contribution in [1.82, 2.24) is 0 Å². The molecule has 2 aliphatic rings. The number of allylic oxidation sites excluding steroid dienone is 7. The Morgan fingerprint density at radius 2 is 1.63 bits per heavy atom. The van der Waals surface area contributed by atoms with E-state index < -0.39 is 14.0 Å². The van der Waals surface area contributed by atoms with Crippen LogP contribution in [0, 0.1) is 5.39 Å². The van der Waals surface area contributed by atoms with Crippen LogP contribution in [0.3, 0.4) is 0 Å². The first-order valence-corrected chi connectivity index (χ1v) is 7.76. The number of fused-ring (bicyclic) bond motifs is 1. The highest BCUT2D eigenvalue weighted by molar-refractivity contribution is 8.31. The Morgan fingerprint density at radius 1 is 1.05 bits per heavy atom. The second-order valence-electron chi connectivity index (χ2n) is 3.24. The highest BCUT2D eigenvalue weighted by atomic mass is 36.0. The molecule has 0 radical (unpaired) electrons. The number of Topliss-reactive ketones (excluding diaryl/α,β-unsaturated/α-hetero) is 1. The van der Waals surface area contributed by atoms with Crippen molar-refractivity contribution in [3.8, 4) is 0 Å². The standard InChI is InChI=1S/C10H5N2O2.Cl2O2S/c11-12-8-5-4-6-7(10(8)14)2-1-3-9(6)13;1-5(2,3)4/h1-5H;/q+1;. The first kappa shape index (κ1) is 15.3. The summed E-state index contributed by atoms with van der Waals surface area (Å²) in [6.07, 6.45) is 7.23. The zero-order chi connectivity index (χ0) is 14.6. The van der Waals surface area contributed by atoms with E-state index in [0.717, 1.165) is 0 Å². The SMILES string of the molecule is N#[N+]C1=CC=C2C(=O)C=CC=C2C1=O.O=S(=O)(Cl)Cl. The lowest BCUT2D eigenvalue weighted by Gasteiger charge is -2.09. The number of carbonyl (C=O) groups is 2. The van der Waals surface area contributed by atoms with Crippen LogP contribution in [0.15, 0.2) is 47.2 Å². The number of ketones is 2. The van der Waals surface area contributed by atoms with E-state index in [1.165, 1.54) is 30.4 Å². The van der Waals surface area contributed by atoms with Crippen LogP contribution in [-0.2, 0) is 17.9 Å². The Morgan fingerprint density at radius 3 is 2.16 bits per heavy atom. The molecule has 0 N–H and O–H groups in total. The molecule has 2 rings (SSSR count). The lowest BCUT2D eigenvalue weighted by Crippen LogP contribution is -2.16. The molecule has 0 heterocycles. The first-order chi connectivity index (χ1) is 8.74. The van der Waals surface area contributed by atoms with Gasteiger partial charge < -0.3 is 0 Å². The van der Waals surface area contributed by atoms with Gasteiger partial charge in [0.25, 0.3) is 5.78 Å². The van der Waals surface area contributed by atoms with E-state index in [9.17, 15) is 9.59 Å². The summed E-state index contributed by atoms with van der Waals surface area (Å²) in [5, 5.41) is 8.49. The highest BCUT2D eigenvalue weighted by Crippen LogP contribution is 2.25. The van der Waals surface area contributed by atoms with Gasteiger partial charge in [0.2, 0.25) is 5.39 Å². The van der Waals surface area contributed by atoms with E-state index in [2.05, 4.69) is 26.3 Å². The topological polar surface area (TPSA) is 96.4 Å². The molecule has 0 aromatic heterocycles. The summed E-state index contributed by atoms with van der Waals surface area (Å²) in [5.41, 5.74) is 0.584. The van der Waals surface area contributed by atoms with Gasteiger partial charge in [-0.2, -0.15) is 8.42 Å². The largest absolute Gasteiger partial charge is 0.432 e. The minimum atomic E-state index is -3.72. The third-order valence-electron chi connectivity index (χ3n) is 2.06. The maximum atomic E-state index is 11.5. The first-order valence-electron chi connectivity index (χ1n) is 4.63. The van der Waals surface area contributed by atoms with Crippen LogP contribution >= 0.6 is 21.4 Å². The monoisotopic (exact) mass is 319 g/mol. The third-order valence-corrected chi connectivity index (χ3v) is 2.06. The molecule has 0 aromatic carbocycles. The van der Waals surface area contributed by atoms with Gasteiger partial charge in [-0.3, -0.25) is 9.59 Å². The van der Waals surface area contributed by atoms with Gasteiger partial charge in [-0.25, -0.2) is 0 Å². The maximum absolute atomic E-state index is 11.5. The zero-order valence-electron chi connectivity index (χ0n) is 9.08. The lowest BCUT2D eigenvalue weighted by molar-refractivity contribution is -0.114. The van der Waals surface area contributed by atoms with Gasteiger partial charge in [-0.05, 0) is 18.2 Å². The fourth-order valence-corrected chi connectivity index (χ4v) is 1.37. The summed E-state index contributed by atoms with van der Waals surface area (Å²) < 4.78 is 18.3. The van der Waals surface area contributed by atoms with E-state index >= 15 is 0 Å². The Kier molecular flexibility index (Phi) is 4.78. The summed E-state index contributed by atoms with van der Waals surface area (Å²) >= 11 is 0.